The van der Waals surface area contributed by atoms with Crippen LogP contribution in [0.25, 0.3) is 0 Å². The minimum atomic E-state index is 0.0574. The second-order valence-electron chi connectivity index (χ2n) is 5.62. The summed E-state index contributed by atoms with van der Waals surface area (Å²) >= 11 is 10.3. The predicted octanol–water partition coefficient (Wildman–Crippen LogP) is 4.79. The number of hydrogen-bond donors (Lipinski definition) is 0. The van der Waals surface area contributed by atoms with Gasteiger partial charge in [-0.15, -0.1) is 11.6 Å². The molecule has 3 unspecified atom stereocenters. The molecular weight excluding hydrogens is 328 g/mol. The molecule has 4 heteroatoms. The van der Waals surface area contributed by atoms with Crippen molar-refractivity contribution in [3.05, 3.63) is 22.2 Å². The van der Waals surface area contributed by atoms with Crippen LogP contribution in [0.15, 0.2) is 16.6 Å². The molecular formula is C15H18BrClO2. The third-order valence-electron chi connectivity index (χ3n) is 4.49. The highest BCUT2D eigenvalue weighted by molar-refractivity contribution is 9.10. The molecule has 0 amide bonds. The zero-order valence-corrected chi connectivity index (χ0v) is 13.5. The summed E-state index contributed by atoms with van der Waals surface area (Å²) in [5, 5.41) is 0.0574. The normalized spacial score (nSPS) is 29.8. The maximum Gasteiger partial charge on any atom is 0.161 e. The first-order chi connectivity index (χ1) is 9.13. The predicted molar refractivity (Wildman–Crippen MR) is 80.2 cm³/mol. The van der Waals surface area contributed by atoms with Crippen molar-refractivity contribution >= 4 is 27.5 Å². The first-order valence-electron chi connectivity index (χ1n) is 6.69. The SMILES string of the molecule is COc1cc(Br)c(C(Cl)C2CC3CC3C2)cc1OC. The van der Waals surface area contributed by atoms with Gasteiger partial charge >= 0.3 is 0 Å². The zero-order chi connectivity index (χ0) is 13.6. The molecule has 0 aromatic heterocycles. The summed E-state index contributed by atoms with van der Waals surface area (Å²) in [6, 6.07) is 3.95. The lowest BCUT2D eigenvalue weighted by Gasteiger charge is -2.21. The molecule has 3 atom stereocenters. The molecule has 0 bridgehead atoms. The molecule has 0 spiro atoms. The Morgan fingerprint density at radius 3 is 2.26 bits per heavy atom. The van der Waals surface area contributed by atoms with Crippen molar-refractivity contribution in [2.75, 3.05) is 14.2 Å². The van der Waals surface area contributed by atoms with Crippen molar-refractivity contribution in [2.24, 2.45) is 17.8 Å². The summed E-state index contributed by atoms with van der Waals surface area (Å²) in [6.07, 6.45) is 3.98. The minimum Gasteiger partial charge on any atom is -0.493 e. The summed E-state index contributed by atoms with van der Waals surface area (Å²) < 4.78 is 11.7. The number of benzene rings is 1. The van der Waals surface area contributed by atoms with Crippen LogP contribution in [-0.2, 0) is 0 Å². The van der Waals surface area contributed by atoms with Gasteiger partial charge in [0, 0.05) is 4.47 Å². The summed E-state index contributed by atoms with van der Waals surface area (Å²) in [6.45, 7) is 0. The first kappa shape index (κ1) is 13.6. The van der Waals surface area contributed by atoms with Gasteiger partial charge in [0.05, 0.1) is 19.6 Å². The van der Waals surface area contributed by atoms with Crippen LogP contribution in [0.3, 0.4) is 0 Å². The number of halogens is 2. The van der Waals surface area contributed by atoms with Crippen LogP contribution < -0.4 is 9.47 Å². The highest BCUT2D eigenvalue weighted by Gasteiger charge is 2.48. The third-order valence-corrected chi connectivity index (χ3v) is 5.77. The zero-order valence-electron chi connectivity index (χ0n) is 11.2. The maximum atomic E-state index is 6.70. The number of rotatable bonds is 4. The van der Waals surface area contributed by atoms with E-state index in [0.29, 0.717) is 5.92 Å². The van der Waals surface area contributed by atoms with Gasteiger partial charge in [0.25, 0.3) is 0 Å². The largest absolute Gasteiger partial charge is 0.493 e. The van der Waals surface area contributed by atoms with Crippen LogP contribution in [0.4, 0.5) is 0 Å². The molecule has 3 rings (SSSR count). The van der Waals surface area contributed by atoms with Crippen LogP contribution in [0.1, 0.15) is 30.2 Å². The summed E-state index contributed by atoms with van der Waals surface area (Å²) in [5.74, 6) is 3.97. The highest BCUT2D eigenvalue weighted by Crippen LogP contribution is 2.59. The van der Waals surface area contributed by atoms with Crippen LogP contribution in [0.2, 0.25) is 0 Å². The topological polar surface area (TPSA) is 18.5 Å². The fourth-order valence-corrected chi connectivity index (χ4v) is 4.42. The molecule has 1 aromatic rings. The minimum absolute atomic E-state index is 0.0574. The lowest BCUT2D eigenvalue weighted by molar-refractivity contribution is 0.353. The van der Waals surface area contributed by atoms with E-state index in [-0.39, 0.29) is 5.38 Å². The average Bonchev–Trinajstić information content (AvgIpc) is 3.04. The Morgan fingerprint density at radius 1 is 1.11 bits per heavy atom. The Bertz CT molecular complexity index is 481. The fraction of sp³-hybridized carbons (Fsp3) is 0.600. The monoisotopic (exact) mass is 344 g/mol. The summed E-state index contributed by atoms with van der Waals surface area (Å²) in [4.78, 5) is 0. The molecule has 2 nitrogen and oxygen atoms in total. The van der Waals surface area contributed by atoms with Crippen molar-refractivity contribution in [1.82, 2.24) is 0 Å². The molecule has 19 heavy (non-hydrogen) atoms. The van der Waals surface area contributed by atoms with Gasteiger partial charge in [-0.3, -0.25) is 0 Å². The molecule has 0 radical (unpaired) electrons. The van der Waals surface area contributed by atoms with E-state index >= 15 is 0 Å². The van der Waals surface area contributed by atoms with Gasteiger partial charge in [-0.25, -0.2) is 0 Å². The van der Waals surface area contributed by atoms with E-state index in [0.717, 1.165) is 33.4 Å². The van der Waals surface area contributed by atoms with Crippen LogP contribution in [0, 0.1) is 17.8 Å². The Morgan fingerprint density at radius 2 is 1.68 bits per heavy atom. The van der Waals surface area contributed by atoms with Crippen molar-refractivity contribution < 1.29 is 9.47 Å². The van der Waals surface area contributed by atoms with Gasteiger partial charge < -0.3 is 9.47 Å². The molecule has 2 saturated carbocycles. The Balaban J connectivity index is 1.86. The molecule has 104 valence electrons. The van der Waals surface area contributed by atoms with Gasteiger partial charge in [-0.2, -0.15) is 0 Å². The fourth-order valence-electron chi connectivity index (χ4n) is 3.34. The molecule has 2 aliphatic carbocycles. The highest BCUT2D eigenvalue weighted by atomic mass is 79.9. The third kappa shape index (κ3) is 2.47. The average molecular weight is 346 g/mol. The molecule has 1 aromatic carbocycles. The van der Waals surface area contributed by atoms with Crippen molar-refractivity contribution in [3.8, 4) is 11.5 Å². The van der Waals surface area contributed by atoms with Gasteiger partial charge in [-0.05, 0) is 54.7 Å². The van der Waals surface area contributed by atoms with E-state index in [4.69, 9.17) is 21.1 Å². The van der Waals surface area contributed by atoms with Gasteiger partial charge in [-0.1, -0.05) is 15.9 Å². The maximum absolute atomic E-state index is 6.70. The lowest BCUT2D eigenvalue weighted by Crippen LogP contribution is -2.07. The van der Waals surface area contributed by atoms with Gasteiger partial charge in [0.1, 0.15) is 0 Å². The van der Waals surface area contributed by atoms with E-state index in [1.807, 2.05) is 12.1 Å². The first-order valence-corrected chi connectivity index (χ1v) is 7.92. The number of ether oxygens (including phenoxy) is 2. The molecule has 2 fully saturated rings. The Kier molecular flexibility index (Phi) is 3.69. The lowest BCUT2D eigenvalue weighted by atomic mass is 9.94. The smallest absolute Gasteiger partial charge is 0.161 e. The Hall–Kier alpha value is -0.410. The van der Waals surface area contributed by atoms with Crippen molar-refractivity contribution in [2.45, 2.75) is 24.6 Å². The second-order valence-corrected chi connectivity index (χ2v) is 6.94. The van der Waals surface area contributed by atoms with E-state index in [2.05, 4.69) is 15.9 Å². The number of fused-ring (bicyclic) bond motifs is 1. The van der Waals surface area contributed by atoms with E-state index in [1.165, 1.54) is 19.3 Å². The number of hydrogen-bond acceptors (Lipinski definition) is 2. The van der Waals surface area contributed by atoms with E-state index < -0.39 is 0 Å². The van der Waals surface area contributed by atoms with Crippen molar-refractivity contribution in [1.29, 1.82) is 0 Å². The van der Waals surface area contributed by atoms with Crippen LogP contribution in [-0.4, -0.2) is 14.2 Å². The molecule has 2 aliphatic rings. The molecule has 0 N–H and O–H groups in total. The quantitative estimate of drug-likeness (QED) is 0.730. The second kappa shape index (κ2) is 5.17. The van der Waals surface area contributed by atoms with Gasteiger partial charge in [0.15, 0.2) is 11.5 Å². The summed E-state index contributed by atoms with van der Waals surface area (Å²) in [5.41, 5.74) is 1.12. The standard InChI is InChI=1S/C15H18BrClO2/c1-18-13-6-11(12(16)7-14(13)19-2)15(17)10-4-8-3-9(8)5-10/h6-10,15H,3-5H2,1-2H3. The van der Waals surface area contributed by atoms with Crippen LogP contribution >= 0.6 is 27.5 Å². The summed E-state index contributed by atoms with van der Waals surface area (Å²) in [7, 11) is 3.30. The number of alkyl halides is 1. The molecule has 0 heterocycles. The van der Waals surface area contributed by atoms with E-state index in [9.17, 15) is 0 Å². The van der Waals surface area contributed by atoms with E-state index in [1.54, 1.807) is 14.2 Å². The number of methoxy groups -OCH3 is 2. The molecule has 0 saturated heterocycles. The molecule has 0 aliphatic heterocycles. The van der Waals surface area contributed by atoms with Gasteiger partial charge in [0.2, 0.25) is 0 Å². The van der Waals surface area contributed by atoms with Crippen LogP contribution in [0.5, 0.6) is 11.5 Å². The van der Waals surface area contributed by atoms with Crippen molar-refractivity contribution in [3.63, 3.8) is 0 Å². The Labute approximate surface area is 127 Å².